The van der Waals surface area contributed by atoms with E-state index in [-0.39, 0.29) is 11.8 Å². The second kappa shape index (κ2) is 7.64. The van der Waals surface area contributed by atoms with Gasteiger partial charge in [0.2, 0.25) is 5.91 Å². The van der Waals surface area contributed by atoms with Crippen LogP contribution >= 0.6 is 0 Å². The molecule has 1 unspecified atom stereocenters. The molecule has 1 saturated heterocycles. The van der Waals surface area contributed by atoms with Crippen molar-refractivity contribution in [1.82, 2.24) is 25.0 Å². The highest BCUT2D eigenvalue weighted by Crippen LogP contribution is 2.26. The molecule has 1 amide bonds. The average Bonchev–Trinajstić information content (AvgIpc) is 3.44. The fourth-order valence-corrected chi connectivity index (χ4v) is 4.74. The number of ether oxygens (including phenoxy) is 1. The molecule has 28 heavy (non-hydrogen) atoms. The van der Waals surface area contributed by atoms with Crippen molar-refractivity contribution in [2.24, 2.45) is 5.92 Å². The lowest BCUT2D eigenvalue weighted by Gasteiger charge is -2.26. The van der Waals surface area contributed by atoms with E-state index < -0.39 is 0 Å². The van der Waals surface area contributed by atoms with E-state index in [1.165, 1.54) is 11.1 Å². The van der Waals surface area contributed by atoms with Crippen LogP contribution in [0.2, 0.25) is 0 Å². The Morgan fingerprint density at radius 1 is 1.14 bits per heavy atom. The topological polar surface area (TPSA) is 72.3 Å². The van der Waals surface area contributed by atoms with Crippen molar-refractivity contribution >= 4 is 5.91 Å². The van der Waals surface area contributed by atoms with E-state index in [4.69, 9.17) is 4.74 Å². The molecule has 0 radical (unpaired) electrons. The highest BCUT2D eigenvalue weighted by molar-refractivity contribution is 5.78. The molecule has 1 aromatic heterocycles. The average molecular weight is 381 g/mol. The van der Waals surface area contributed by atoms with Crippen molar-refractivity contribution in [1.29, 1.82) is 0 Å². The van der Waals surface area contributed by atoms with Gasteiger partial charge in [0.25, 0.3) is 0 Å². The molecule has 1 aromatic carbocycles. The predicted octanol–water partition coefficient (Wildman–Crippen LogP) is 0.956. The summed E-state index contributed by atoms with van der Waals surface area (Å²) in [5.74, 6) is 1.94. The Morgan fingerprint density at radius 2 is 1.96 bits per heavy atom. The summed E-state index contributed by atoms with van der Waals surface area (Å²) < 4.78 is 7.51. The normalized spacial score (nSPS) is 22.6. The molecule has 7 nitrogen and oxygen atoms in total. The first-order chi connectivity index (χ1) is 13.8. The van der Waals surface area contributed by atoms with Gasteiger partial charge in [-0.05, 0) is 30.4 Å². The van der Waals surface area contributed by atoms with Gasteiger partial charge in [-0.15, -0.1) is 10.2 Å². The zero-order valence-corrected chi connectivity index (χ0v) is 16.1. The number of nitrogens with zero attached hydrogens (tertiary/aromatic N) is 4. The van der Waals surface area contributed by atoms with Gasteiger partial charge in [-0.2, -0.15) is 0 Å². The highest BCUT2D eigenvalue weighted by Gasteiger charge is 2.29. The number of amides is 1. The molecule has 148 valence electrons. The third-order valence-corrected chi connectivity index (χ3v) is 6.40. The quantitative estimate of drug-likeness (QED) is 0.854. The maximum absolute atomic E-state index is 12.3. The van der Waals surface area contributed by atoms with Crippen LogP contribution in [0.1, 0.15) is 29.2 Å². The fourth-order valence-electron chi connectivity index (χ4n) is 4.74. The van der Waals surface area contributed by atoms with Crippen LogP contribution in [0.5, 0.6) is 0 Å². The van der Waals surface area contributed by atoms with Crippen molar-refractivity contribution in [2.75, 3.05) is 26.3 Å². The first-order valence-electron chi connectivity index (χ1n) is 10.3. The molecular formula is C21H27N5O2. The van der Waals surface area contributed by atoms with Gasteiger partial charge in [0, 0.05) is 38.7 Å². The Morgan fingerprint density at radius 3 is 2.71 bits per heavy atom. The number of hydrogen-bond donors (Lipinski definition) is 1. The lowest BCUT2D eigenvalue weighted by atomic mass is 10.1. The smallest absolute Gasteiger partial charge is 0.225 e. The van der Waals surface area contributed by atoms with Gasteiger partial charge in [0.05, 0.1) is 19.1 Å². The first-order valence-corrected chi connectivity index (χ1v) is 10.3. The van der Waals surface area contributed by atoms with E-state index in [0.717, 1.165) is 57.0 Å². The number of carbonyl (C=O) groups is 1. The zero-order chi connectivity index (χ0) is 18.9. The Bertz CT molecular complexity index is 833. The predicted molar refractivity (Wildman–Crippen MR) is 104 cm³/mol. The number of carbonyl (C=O) groups excluding carboxylic acids is 1. The first kappa shape index (κ1) is 17.8. The van der Waals surface area contributed by atoms with Crippen LogP contribution < -0.4 is 5.32 Å². The molecule has 2 aliphatic heterocycles. The Kier molecular flexibility index (Phi) is 4.86. The van der Waals surface area contributed by atoms with Crippen LogP contribution in [0.15, 0.2) is 24.3 Å². The van der Waals surface area contributed by atoms with E-state index in [0.29, 0.717) is 25.8 Å². The van der Waals surface area contributed by atoms with E-state index in [9.17, 15) is 4.79 Å². The standard InChI is InChI=1S/C21H27N5O2/c27-21(17-6-10-28-14-17)22-13-20-24-23-19-5-7-25(8-9-26(19)20)18-11-15-3-1-2-4-16(15)12-18/h1-4,17-18H,5-14H2,(H,22,27). The minimum Gasteiger partial charge on any atom is -0.381 e. The largest absolute Gasteiger partial charge is 0.381 e. The van der Waals surface area contributed by atoms with Crippen LogP contribution in [-0.2, 0) is 41.9 Å². The third-order valence-electron chi connectivity index (χ3n) is 6.40. The molecule has 5 rings (SSSR count). The third kappa shape index (κ3) is 3.44. The number of aromatic nitrogens is 3. The van der Waals surface area contributed by atoms with Crippen molar-refractivity contribution in [2.45, 2.75) is 44.8 Å². The van der Waals surface area contributed by atoms with Crippen LogP contribution in [-0.4, -0.2) is 57.9 Å². The molecule has 1 N–H and O–H groups in total. The van der Waals surface area contributed by atoms with E-state index in [2.05, 4.69) is 49.2 Å². The van der Waals surface area contributed by atoms with Gasteiger partial charge in [-0.1, -0.05) is 24.3 Å². The van der Waals surface area contributed by atoms with Crippen LogP contribution in [0.25, 0.3) is 0 Å². The van der Waals surface area contributed by atoms with Crippen molar-refractivity contribution in [3.63, 3.8) is 0 Å². The monoisotopic (exact) mass is 381 g/mol. The second-order valence-corrected chi connectivity index (χ2v) is 8.08. The van der Waals surface area contributed by atoms with Gasteiger partial charge in [-0.25, -0.2) is 0 Å². The number of benzene rings is 1. The van der Waals surface area contributed by atoms with Gasteiger partial charge < -0.3 is 14.6 Å². The van der Waals surface area contributed by atoms with Crippen molar-refractivity contribution in [3.05, 3.63) is 47.0 Å². The summed E-state index contributed by atoms with van der Waals surface area (Å²) in [5, 5.41) is 11.8. The van der Waals surface area contributed by atoms with Gasteiger partial charge in [0.15, 0.2) is 5.82 Å². The van der Waals surface area contributed by atoms with Crippen molar-refractivity contribution in [3.8, 4) is 0 Å². The van der Waals surface area contributed by atoms with E-state index in [1.54, 1.807) is 0 Å². The maximum atomic E-state index is 12.3. The van der Waals surface area contributed by atoms with Gasteiger partial charge in [-0.3, -0.25) is 9.69 Å². The molecule has 0 bridgehead atoms. The molecule has 7 heteroatoms. The van der Waals surface area contributed by atoms with E-state index in [1.807, 2.05) is 0 Å². The Labute approximate surface area is 165 Å². The lowest BCUT2D eigenvalue weighted by Crippen LogP contribution is -2.38. The number of rotatable bonds is 4. The van der Waals surface area contributed by atoms with Crippen LogP contribution in [0.3, 0.4) is 0 Å². The zero-order valence-electron chi connectivity index (χ0n) is 16.1. The number of hydrogen-bond acceptors (Lipinski definition) is 5. The molecule has 3 aliphatic rings. The lowest BCUT2D eigenvalue weighted by molar-refractivity contribution is -0.125. The summed E-state index contributed by atoms with van der Waals surface area (Å²) >= 11 is 0. The summed E-state index contributed by atoms with van der Waals surface area (Å²) in [6, 6.07) is 9.39. The summed E-state index contributed by atoms with van der Waals surface area (Å²) in [7, 11) is 0. The molecule has 0 spiro atoms. The van der Waals surface area contributed by atoms with Crippen molar-refractivity contribution < 1.29 is 9.53 Å². The van der Waals surface area contributed by atoms with Crippen LogP contribution in [0, 0.1) is 5.92 Å². The molecule has 1 fully saturated rings. The molecule has 1 atom stereocenters. The maximum Gasteiger partial charge on any atom is 0.225 e. The number of fused-ring (bicyclic) bond motifs is 2. The molecule has 0 saturated carbocycles. The minimum absolute atomic E-state index is 0.0222. The number of nitrogens with one attached hydrogen (secondary N) is 1. The summed E-state index contributed by atoms with van der Waals surface area (Å²) in [6.45, 7) is 4.55. The second-order valence-electron chi connectivity index (χ2n) is 8.08. The molecular weight excluding hydrogens is 354 g/mol. The van der Waals surface area contributed by atoms with E-state index >= 15 is 0 Å². The molecule has 3 heterocycles. The van der Waals surface area contributed by atoms with Gasteiger partial charge >= 0.3 is 0 Å². The summed E-state index contributed by atoms with van der Waals surface area (Å²) in [6.07, 6.45) is 4.00. The molecule has 2 aromatic rings. The van der Waals surface area contributed by atoms with Gasteiger partial charge in [0.1, 0.15) is 5.82 Å². The highest BCUT2D eigenvalue weighted by atomic mass is 16.5. The Balaban J connectivity index is 1.20. The summed E-state index contributed by atoms with van der Waals surface area (Å²) in [5.41, 5.74) is 2.99. The Hall–Kier alpha value is -2.25. The SMILES string of the molecule is O=C(NCc1nnc2n1CCN(C1Cc3ccccc3C1)CC2)C1CCOC1. The van der Waals surface area contributed by atoms with Crippen LogP contribution in [0.4, 0.5) is 0 Å². The summed E-state index contributed by atoms with van der Waals surface area (Å²) in [4.78, 5) is 14.9. The molecule has 1 aliphatic carbocycles. The minimum atomic E-state index is -0.0222. The fraction of sp³-hybridized carbons (Fsp3) is 0.571.